The average molecular weight is 271 g/mol. The molecule has 0 aromatic heterocycles. The van der Waals surface area contributed by atoms with Crippen LogP contribution in [0.4, 0.5) is 0 Å². The smallest absolute Gasteiger partial charge is 0.0587 e. The summed E-state index contributed by atoms with van der Waals surface area (Å²) in [5.74, 6) is 0.858. The van der Waals surface area contributed by atoms with E-state index in [0.29, 0.717) is 10.8 Å². The number of ether oxygens (including phenoxy) is 2. The van der Waals surface area contributed by atoms with Gasteiger partial charge in [0.2, 0.25) is 0 Å². The molecule has 1 aliphatic carbocycles. The minimum Gasteiger partial charge on any atom is -0.384 e. The van der Waals surface area contributed by atoms with Crippen molar-refractivity contribution in [3.05, 3.63) is 0 Å². The van der Waals surface area contributed by atoms with E-state index in [2.05, 4.69) is 26.1 Å². The summed E-state index contributed by atoms with van der Waals surface area (Å²) in [7, 11) is 3.58. The van der Waals surface area contributed by atoms with Gasteiger partial charge in [-0.25, -0.2) is 0 Å². The van der Waals surface area contributed by atoms with Crippen LogP contribution in [-0.2, 0) is 9.47 Å². The Bertz CT molecular complexity index is 240. The number of hydrogen-bond donors (Lipinski definition) is 1. The van der Waals surface area contributed by atoms with E-state index in [1.807, 2.05) is 7.11 Å². The van der Waals surface area contributed by atoms with Crippen LogP contribution >= 0.6 is 0 Å². The predicted molar refractivity (Wildman–Crippen MR) is 80.5 cm³/mol. The van der Waals surface area contributed by atoms with Crippen molar-refractivity contribution in [2.75, 3.05) is 40.5 Å². The van der Waals surface area contributed by atoms with Gasteiger partial charge < -0.3 is 14.8 Å². The molecular formula is C16H33NO2. The Kier molecular flexibility index (Phi) is 6.78. The topological polar surface area (TPSA) is 30.5 Å². The van der Waals surface area contributed by atoms with Gasteiger partial charge in [0.1, 0.15) is 0 Å². The lowest BCUT2D eigenvalue weighted by molar-refractivity contribution is 0.0159. The van der Waals surface area contributed by atoms with Crippen molar-refractivity contribution in [1.29, 1.82) is 0 Å². The molecule has 0 radical (unpaired) electrons. The monoisotopic (exact) mass is 271 g/mol. The lowest BCUT2D eigenvalue weighted by Gasteiger charge is -2.44. The molecule has 0 saturated heterocycles. The second-order valence-corrected chi connectivity index (χ2v) is 7.24. The Balaban J connectivity index is 2.46. The summed E-state index contributed by atoms with van der Waals surface area (Å²) in [6, 6.07) is 0. The molecule has 0 aliphatic heterocycles. The van der Waals surface area contributed by atoms with E-state index < -0.39 is 0 Å². The first kappa shape index (κ1) is 16.9. The van der Waals surface area contributed by atoms with Crippen LogP contribution in [0.5, 0.6) is 0 Å². The fraction of sp³-hybridized carbons (Fsp3) is 1.00. The second-order valence-electron chi connectivity index (χ2n) is 7.24. The van der Waals surface area contributed by atoms with Crippen molar-refractivity contribution in [3.8, 4) is 0 Å². The SMILES string of the molecule is COCCNCC1(COC)CCC(C(C)(C)C)CC1. The molecule has 0 heterocycles. The third kappa shape index (κ3) is 5.41. The molecular weight excluding hydrogens is 238 g/mol. The van der Waals surface area contributed by atoms with Gasteiger partial charge in [-0.05, 0) is 37.0 Å². The number of rotatable bonds is 7. The van der Waals surface area contributed by atoms with Crippen LogP contribution in [0.1, 0.15) is 46.5 Å². The predicted octanol–water partition coefficient (Wildman–Crippen LogP) is 3.09. The van der Waals surface area contributed by atoms with Gasteiger partial charge in [-0.1, -0.05) is 20.8 Å². The van der Waals surface area contributed by atoms with Crippen LogP contribution in [-0.4, -0.2) is 40.5 Å². The molecule has 1 N–H and O–H groups in total. The minimum absolute atomic E-state index is 0.338. The van der Waals surface area contributed by atoms with Gasteiger partial charge in [0.15, 0.2) is 0 Å². The molecule has 0 atom stereocenters. The second kappa shape index (κ2) is 7.61. The van der Waals surface area contributed by atoms with Crippen molar-refractivity contribution >= 4 is 0 Å². The highest BCUT2D eigenvalue weighted by atomic mass is 16.5. The molecule has 3 nitrogen and oxygen atoms in total. The molecule has 1 aliphatic rings. The largest absolute Gasteiger partial charge is 0.384 e. The normalized spacial score (nSPS) is 28.6. The lowest BCUT2D eigenvalue weighted by Crippen LogP contribution is -2.43. The first-order valence-corrected chi connectivity index (χ1v) is 7.62. The van der Waals surface area contributed by atoms with Gasteiger partial charge in [0, 0.05) is 32.7 Å². The summed E-state index contributed by atoms with van der Waals surface area (Å²) in [6.45, 7) is 10.8. The molecule has 19 heavy (non-hydrogen) atoms. The molecule has 0 aromatic carbocycles. The van der Waals surface area contributed by atoms with Crippen molar-refractivity contribution in [2.45, 2.75) is 46.5 Å². The summed E-state index contributed by atoms with van der Waals surface area (Å²) in [5, 5.41) is 3.53. The van der Waals surface area contributed by atoms with E-state index in [9.17, 15) is 0 Å². The fourth-order valence-electron chi connectivity index (χ4n) is 3.30. The standard InChI is InChI=1S/C16H33NO2/c1-15(2,3)14-6-8-16(9-7-14,13-19-5)12-17-10-11-18-4/h14,17H,6-13H2,1-5H3. The molecule has 0 bridgehead atoms. The first-order valence-electron chi connectivity index (χ1n) is 7.62. The van der Waals surface area contributed by atoms with Crippen molar-refractivity contribution < 1.29 is 9.47 Å². The van der Waals surface area contributed by atoms with E-state index in [1.165, 1.54) is 25.7 Å². The maximum absolute atomic E-state index is 5.49. The number of methoxy groups -OCH3 is 2. The highest BCUT2D eigenvalue weighted by Gasteiger charge is 2.38. The Morgan fingerprint density at radius 3 is 2.21 bits per heavy atom. The zero-order valence-corrected chi connectivity index (χ0v) is 13.6. The Morgan fingerprint density at radius 1 is 1.11 bits per heavy atom. The Labute approximate surface area is 119 Å². The van der Waals surface area contributed by atoms with Crippen LogP contribution in [0.15, 0.2) is 0 Å². The zero-order chi connectivity index (χ0) is 14.4. The van der Waals surface area contributed by atoms with E-state index in [0.717, 1.165) is 32.2 Å². The summed E-state index contributed by atoms with van der Waals surface area (Å²) >= 11 is 0. The van der Waals surface area contributed by atoms with Gasteiger partial charge in [-0.15, -0.1) is 0 Å². The van der Waals surface area contributed by atoms with Crippen molar-refractivity contribution in [2.24, 2.45) is 16.7 Å². The van der Waals surface area contributed by atoms with Crippen LogP contribution in [0, 0.1) is 16.7 Å². The first-order chi connectivity index (χ1) is 8.93. The Hall–Kier alpha value is -0.120. The average Bonchev–Trinajstić information content (AvgIpc) is 2.35. The quantitative estimate of drug-likeness (QED) is 0.722. The molecule has 3 heteroatoms. The van der Waals surface area contributed by atoms with Gasteiger partial charge in [-0.2, -0.15) is 0 Å². The van der Waals surface area contributed by atoms with Crippen LogP contribution in [0.3, 0.4) is 0 Å². The maximum atomic E-state index is 5.49. The summed E-state index contributed by atoms with van der Waals surface area (Å²) in [4.78, 5) is 0. The van der Waals surface area contributed by atoms with E-state index in [-0.39, 0.29) is 0 Å². The zero-order valence-electron chi connectivity index (χ0n) is 13.6. The minimum atomic E-state index is 0.338. The van der Waals surface area contributed by atoms with Crippen LogP contribution in [0.2, 0.25) is 0 Å². The maximum Gasteiger partial charge on any atom is 0.0587 e. The summed E-state index contributed by atoms with van der Waals surface area (Å²) in [5.41, 5.74) is 0.785. The molecule has 0 unspecified atom stereocenters. The van der Waals surface area contributed by atoms with E-state index in [1.54, 1.807) is 7.11 Å². The fourth-order valence-corrected chi connectivity index (χ4v) is 3.30. The molecule has 0 aromatic rings. The van der Waals surface area contributed by atoms with Crippen LogP contribution in [0.25, 0.3) is 0 Å². The van der Waals surface area contributed by atoms with Crippen molar-refractivity contribution in [3.63, 3.8) is 0 Å². The molecule has 114 valence electrons. The van der Waals surface area contributed by atoms with E-state index >= 15 is 0 Å². The highest BCUT2D eigenvalue weighted by molar-refractivity contribution is 4.90. The molecule has 0 amide bonds. The van der Waals surface area contributed by atoms with Gasteiger partial charge in [0.05, 0.1) is 13.2 Å². The molecule has 1 fully saturated rings. The van der Waals surface area contributed by atoms with Crippen LogP contribution < -0.4 is 5.32 Å². The summed E-state index contributed by atoms with van der Waals surface area (Å²) in [6.07, 6.45) is 5.23. The van der Waals surface area contributed by atoms with Gasteiger partial charge in [0.25, 0.3) is 0 Å². The molecule has 1 saturated carbocycles. The number of nitrogens with one attached hydrogen (secondary N) is 1. The number of hydrogen-bond acceptors (Lipinski definition) is 3. The van der Waals surface area contributed by atoms with Crippen molar-refractivity contribution in [1.82, 2.24) is 5.32 Å². The molecule has 1 rings (SSSR count). The molecule has 0 spiro atoms. The third-order valence-electron chi connectivity index (χ3n) is 4.70. The Morgan fingerprint density at radius 2 is 1.74 bits per heavy atom. The van der Waals surface area contributed by atoms with Gasteiger partial charge in [-0.3, -0.25) is 0 Å². The third-order valence-corrected chi connectivity index (χ3v) is 4.70. The van der Waals surface area contributed by atoms with E-state index in [4.69, 9.17) is 9.47 Å². The summed E-state index contributed by atoms with van der Waals surface area (Å²) < 4.78 is 10.6. The lowest BCUT2D eigenvalue weighted by atomic mass is 9.64. The van der Waals surface area contributed by atoms with Gasteiger partial charge >= 0.3 is 0 Å². The highest BCUT2D eigenvalue weighted by Crippen LogP contribution is 2.45.